The molecule has 0 aromatic heterocycles. The molecular formula is C11H11ClF2O. The molecule has 0 saturated carbocycles. The Morgan fingerprint density at radius 1 is 1.47 bits per heavy atom. The average Bonchev–Trinajstić information content (AvgIpc) is 2.16. The van der Waals surface area contributed by atoms with Gasteiger partial charge in [-0.15, -0.1) is 0 Å². The summed E-state index contributed by atoms with van der Waals surface area (Å²) in [6.07, 6.45) is 1.66. The Bertz CT molecular complexity index is 358. The Morgan fingerprint density at radius 2 is 2.13 bits per heavy atom. The third-order valence-electron chi connectivity index (χ3n) is 1.99. The van der Waals surface area contributed by atoms with E-state index < -0.39 is 11.2 Å². The fraction of sp³-hybridized carbons (Fsp3) is 0.364. The molecule has 0 aliphatic carbocycles. The van der Waals surface area contributed by atoms with E-state index in [4.69, 9.17) is 0 Å². The van der Waals surface area contributed by atoms with Crippen molar-refractivity contribution in [1.82, 2.24) is 0 Å². The summed E-state index contributed by atoms with van der Waals surface area (Å²) in [6.45, 7) is 1.98. The molecule has 0 aliphatic heterocycles. The number of ketones is 1. The van der Waals surface area contributed by atoms with Crippen molar-refractivity contribution in [2.75, 3.05) is 0 Å². The van der Waals surface area contributed by atoms with Crippen molar-refractivity contribution in [3.05, 3.63) is 35.4 Å². The maximum atomic E-state index is 12.5. The van der Waals surface area contributed by atoms with Crippen molar-refractivity contribution in [3.8, 4) is 0 Å². The molecule has 1 aromatic rings. The zero-order valence-electron chi connectivity index (χ0n) is 8.27. The molecule has 4 heteroatoms. The van der Waals surface area contributed by atoms with Crippen molar-refractivity contribution in [2.45, 2.75) is 25.1 Å². The predicted octanol–water partition coefficient (Wildman–Crippen LogP) is 3.65. The van der Waals surface area contributed by atoms with Crippen LogP contribution < -0.4 is 0 Å². The lowest BCUT2D eigenvalue weighted by Gasteiger charge is -2.07. The highest BCUT2D eigenvalue weighted by Crippen LogP contribution is 2.24. The Labute approximate surface area is 92.1 Å². The molecule has 0 radical (unpaired) electrons. The van der Waals surface area contributed by atoms with Crippen LogP contribution in [-0.4, -0.2) is 11.2 Å². The van der Waals surface area contributed by atoms with Gasteiger partial charge in [-0.1, -0.05) is 31.5 Å². The van der Waals surface area contributed by atoms with Gasteiger partial charge in [0.2, 0.25) is 5.78 Å². The maximum absolute atomic E-state index is 12.5. The van der Waals surface area contributed by atoms with Gasteiger partial charge >= 0.3 is 5.38 Å². The standard InChI is InChI=1S/C11H11ClF2O/c1-2-4-8-5-3-6-9(7-8)10(15)11(12,13)14/h3,5-7H,2,4H2,1H3. The van der Waals surface area contributed by atoms with Crippen molar-refractivity contribution in [2.24, 2.45) is 0 Å². The van der Waals surface area contributed by atoms with Gasteiger partial charge in [0.1, 0.15) is 0 Å². The highest BCUT2D eigenvalue weighted by atomic mass is 35.5. The molecule has 1 nitrogen and oxygen atoms in total. The van der Waals surface area contributed by atoms with Crippen LogP contribution in [0.4, 0.5) is 8.78 Å². The fourth-order valence-corrected chi connectivity index (χ4v) is 1.43. The van der Waals surface area contributed by atoms with Gasteiger partial charge in [-0.2, -0.15) is 8.78 Å². The second-order valence-electron chi connectivity index (χ2n) is 3.28. The molecule has 0 heterocycles. The first-order chi connectivity index (χ1) is 6.95. The summed E-state index contributed by atoms with van der Waals surface area (Å²) in [7, 11) is 0. The number of carbonyl (C=O) groups excluding carboxylic acids is 1. The number of aryl methyl sites for hydroxylation is 1. The van der Waals surface area contributed by atoms with Crippen molar-refractivity contribution in [3.63, 3.8) is 0 Å². The summed E-state index contributed by atoms with van der Waals surface area (Å²) < 4.78 is 25.1. The van der Waals surface area contributed by atoms with Gasteiger partial charge in [0.15, 0.2) is 0 Å². The largest absolute Gasteiger partial charge is 0.384 e. The molecule has 0 aliphatic rings. The minimum absolute atomic E-state index is 0.0408. The van der Waals surface area contributed by atoms with Gasteiger partial charge in [0.25, 0.3) is 0 Å². The summed E-state index contributed by atoms with van der Waals surface area (Å²) in [5.74, 6) is -1.35. The van der Waals surface area contributed by atoms with Crippen LogP contribution in [0, 0.1) is 0 Å². The van der Waals surface area contributed by atoms with Crippen molar-refractivity contribution < 1.29 is 13.6 Å². The lowest BCUT2D eigenvalue weighted by Crippen LogP contribution is -2.21. The summed E-state index contributed by atoms with van der Waals surface area (Å²) in [4.78, 5) is 11.1. The van der Waals surface area contributed by atoms with E-state index >= 15 is 0 Å². The highest BCUT2D eigenvalue weighted by Gasteiger charge is 2.36. The van der Waals surface area contributed by atoms with Gasteiger partial charge in [-0.25, -0.2) is 0 Å². The number of rotatable bonds is 4. The molecule has 1 aromatic carbocycles. The van der Waals surface area contributed by atoms with E-state index in [2.05, 4.69) is 11.6 Å². The summed E-state index contributed by atoms with van der Waals surface area (Å²) >= 11 is 4.66. The molecule has 0 amide bonds. The summed E-state index contributed by atoms with van der Waals surface area (Å²) in [6, 6.07) is 6.19. The van der Waals surface area contributed by atoms with Crippen LogP contribution in [0.5, 0.6) is 0 Å². The normalized spacial score (nSPS) is 11.5. The Balaban J connectivity index is 2.95. The Morgan fingerprint density at radius 3 is 2.67 bits per heavy atom. The van der Waals surface area contributed by atoms with Gasteiger partial charge < -0.3 is 0 Å². The van der Waals surface area contributed by atoms with Crippen molar-refractivity contribution >= 4 is 17.4 Å². The lowest BCUT2D eigenvalue weighted by atomic mass is 10.0. The maximum Gasteiger partial charge on any atom is 0.384 e. The molecule has 0 saturated heterocycles. The number of hydrogen-bond donors (Lipinski definition) is 0. The van der Waals surface area contributed by atoms with Crippen molar-refractivity contribution in [1.29, 1.82) is 0 Å². The molecule has 15 heavy (non-hydrogen) atoms. The highest BCUT2D eigenvalue weighted by molar-refractivity contribution is 6.35. The number of halogens is 3. The molecule has 0 unspecified atom stereocenters. The van der Waals surface area contributed by atoms with Crippen LogP contribution >= 0.6 is 11.6 Å². The number of alkyl halides is 3. The van der Waals surface area contributed by atoms with E-state index in [1.165, 1.54) is 12.1 Å². The van der Waals surface area contributed by atoms with E-state index in [1.54, 1.807) is 12.1 Å². The lowest BCUT2D eigenvalue weighted by molar-refractivity contribution is 0.0536. The predicted molar refractivity (Wildman–Crippen MR) is 55.6 cm³/mol. The first-order valence-corrected chi connectivity index (χ1v) is 5.03. The van der Waals surface area contributed by atoms with Crippen LogP contribution in [0.2, 0.25) is 0 Å². The number of benzene rings is 1. The van der Waals surface area contributed by atoms with Gasteiger partial charge in [0.05, 0.1) is 0 Å². The second kappa shape index (κ2) is 4.71. The van der Waals surface area contributed by atoms with Gasteiger partial charge in [0, 0.05) is 5.56 Å². The van der Waals surface area contributed by atoms with Crippen LogP contribution in [0.25, 0.3) is 0 Å². The van der Waals surface area contributed by atoms with E-state index in [0.717, 1.165) is 18.4 Å². The first kappa shape index (κ1) is 12.1. The zero-order chi connectivity index (χ0) is 11.5. The molecule has 0 N–H and O–H groups in total. The monoisotopic (exact) mass is 232 g/mol. The van der Waals surface area contributed by atoms with Crippen LogP contribution in [-0.2, 0) is 6.42 Å². The van der Waals surface area contributed by atoms with Crippen LogP contribution in [0.3, 0.4) is 0 Å². The van der Waals surface area contributed by atoms with Gasteiger partial charge in [-0.05, 0) is 29.7 Å². The Kier molecular flexibility index (Phi) is 3.80. The van der Waals surface area contributed by atoms with E-state index in [1.807, 2.05) is 6.92 Å². The zero-order valence-corrected chi connectivity index (χ0v) is 9.02. The molecule has 0 fully saturated rings. The molecular weight excluding hydrogens is 222 g/mol. The molecule has 0 spiro atoms. The third-order valence-corrected chi connectivity index (χ3v) is 2.16. The SMILES string of the molecule is CCCc1cccc(C(=O)C(F)(F)Cl)c1. The minimum atomic E-state index is -3.81. The smallest absolute Gasteiger partial charge is 0.286 e. The molecule has 82 valence electrons. The number of hydrogen-bond acceptors (Lipinski definition) is 1. The molecule has 0 atom stereocenters. The molecule has 0 bridgehead atoms. The molecule has 1 rings (SSSR count). The van der Waals surface area contributed by atoms with Crippen LogP contribution in [0.1, 0.15) is 29.3 Å². The summed E-state index contributed by atoms with van der Waals surface area (Å²) in [5, 5.41) is -3.81. The summed E-state index contributed by atoms with van der Waals surface area (Å²) in [5.41, 5.74) is 0.824. The quantitative estimate of drug-likeness (QED) is 0.572. The first-order valence-electron chi connectivity index (χ1n) is 4.65. The van der Waals surface area contributed by atoms with E-state index in [9.17, 15) is 13.6 Å². The third kappa shape index (κ3) is 3.27. The fourth-order valence-electron chi connectivity index (χ4n) is 1.32. The van der Waals surface area contributed by atoms with Gasteiger partial charge in [-0.3, -0.25) is 4.79 Å². The Hall–Kier alpha value is -0.960. The second-order valence-corrected chi connectivity index (χ2v) is 3.75. The minimum Gasteiger partial charge on any atom is -0.286 e. The van der Waals surface area contributed by atoms with Crippen LogP contribution in [0.15, 0.2) is 24.3 Å². The van der Waals surface area contributed by atoms with E-state index in [0.29, 0.717) is 0 Å². The number of Topliss-reactive ketones (excluding diaryl/α,β-unsaturated/α-hetero) is 1. The van der Waals surface area contributed by atoms with E-state index in [-0.39, 0.29) is 5.56 Å². The number of carbonyl (C=O) groups is 1. The topological polar surface area (TPSA) is 17.1 Å². The average molecular weight is 233 g/mol.